The van der Waals surface area contributed by atoms with Gasteiger partial charge in [-0.2, -0.15) is 0 Å². The van der Waals surface area contributed by atoms with Gasteiger partial charge in [0.15, 0.2) is 11.5 Å². The highest BCUT2D eigenvalue weighted by molar-refractivity contribution is 6.45. The van der Waals surface area contributed by atoms with E-state index in [2.05, 4.69) is 4.74 Å². The topological polar surface area (TPSA) is 61.8 Å². The molecule has 0 radical (unpaired) electrons. The fourth-order valence-corrected chi connectivity index (χ4v) is 1.57. The van der Waals surface area contributed by atoms with Crippen molar-refractivity contribution in [2.75, 3.05) is 20.8 Å². The van der Waals surface area contributed by atoms with Crippen molar-refractivity contribution in [1.29, 1.82) is 0 Å². The van der Waals surface area contributed by atoms with Crippen LogP contribution in [0.3, 0.4) is 0 Å². The monoisotopic (exact) mass is 272 g/mol. The number of benzene rings is 1. The fourth-order valence-electron chi connectivity index (χ4n) is 1.33. The first-order valence-electron chi connectivity index (χ1n) is 5.18. The molecule has 0 bridgehead atoms. The van der Waals surface area contributed by atoms with E-state index in [1.165, 1.54) is 26.4 Å². The summed E-state index contributed by atoms with van der Waals surface area (Å²) in [7, 11) is 2.87. The zero-order valence-electron chi connectivity index (χ0n) is 10.3. The van der Waals surface area contributed by atoms with E-state index >= 15 is 0 Å². The quantitative estimate of drug-likeness (QED) is 0.467. The van der Waals surface area contributed by atoms with Crippen molar-refractivity contribution >= 4 is 23.4 Å². The Morgan fingerprint density at radius 1 is 1.17 bits per heavy atom. The number of hydrogen-bond acceptors (Lipinski definition) is 5. The van der Waals surface area contributed by atoms with E-state index in [9.17, 15) is 9.59 Å². The molecule has 0 saturated heterocycles. The summed E-state index contributed by atoms with van der Waals surface area (Å²) < 4.78 is 14.7. The Bertz CT molecular complexity index is 470. The number of hydrogen-bond donors (Lipinski definition) is 0. The van der Waals surface area contributed by atoms with E-state index in [4.69, 9.17) is 21.1 Å². The maximum absolute atomic E-state index is 11.8. The number of methoxy groups -OCH3 is 2. The molecule has 0 aromatic heterocycles. The largest absolute Gasteiger partial charge is 0.493 e. The first-order valence-corrected chi connectivity index (χ1v) is 5.55. The Hall–Kier alpha value is -1.75. The second-order valence-electron chi connectivity index (χ2n) is 3.24. The molecule has 0 fully saturated rings. The number of rotatable bonds is 5. The lowest BCUT2D eigenvalue weighted by Gasteiger charge is -2.10. The molecule has 1 aromatic rings. The van der Waals surface area contributed by atoms with E-state index in [-0.39, 0.29) is 17.2 Å². The average Bonchev–Trinajstić information content (AvgIpc) is 2.37. The summed E-state index contributed by atoms with van der Waals surface area (Å²) >= 11 is 5.91. The molecular formula is C12H13ClO5. The minimum absolute atomic E-state index is 0.0211. The van der Waals surface area contributed by atoms with Gasteiger partial charge in [-0.3, -0.25) is 4.79 Å². The summed E-state index contributed by atoms with van der Waals surface area (Å²) in [5.74, 6) is -1.08. The minimum Gasteiger partial charge on any atom is -0.493 e. The normalized spacial score (nSPS) is 9.78. The first kappa shape index (κ1) is 14.3. The Kier molecular flexibility index (Phi) is 4.97. The van der Waals surface area contributed by atoms with Gasteiger partial charge in [0.25, 0.3) is 5.78 Å². The Morgan fingerprint density at radius 3 is 2.22 bits per heavy atom. The lowest BCUT2D eigenvalue weighted by molar-refractivity contribution is -0.137. The molecule has 5 nitrogen and oxygen atoms in total. The number of carbonyl (C=O) groups excluding carboxylic acids is 2. The van der Waals surface area contributed by atoms with Crippen LogP contribution in [0.5, 0.6) is 11.5 Å². The van der Waals surface area contributed by atoms with Gasteiger partial charge in [0.05, 0.1) is 31.4 Å². The lowest BCUT2D eigenvalue weighted by Crippen LogP contribution is -2.18. The van der Waals surface area contributed by atoms with Crippen molar-refractivity contribution < 1.29 is 23.8 Å². The molecule has 1 aromatic carbocycles. The molecule has 0 spiro atoms. The lowest BCUT2D eigenvalue weighted by atomic mass is 10.1. The van der Waals surface area contributed by atoms with Crippen LogP contribution in [0, 0.1) is 0 Å². The number of ether oxygens (including phenoxy) is 3. The molecular weight excluding hydrogens is 260 g/mol. The zero-order valence-corrected chi connectivity index (χ0v) is 11.0. The minimum atomic E-state index is -0.952. The summed E-state index contributed by atoms with van der Waals surface area (Å²) in [5, 5.41) is 0.103. The molecule has 6 heteroatoms. The Labute approximate surface area is 110 Å². The SMILES string of the molecule is CCOC(=O)C(=O)c1cc(OC)c(OC)cc1Cl. The summed E-state index contributed by atoms with van der Waals surface area (Å²) in [6, 6.07) is 2.76. The van der Waals surface area contributed by atoms with Crippen LogP contribution in [0.4, 0.5) is 0 Å². The Morgan fingerprint density at radius 2 is 1.72 bits per heavy atom. The predicted octanol–water partition coefficient (Wildman–Crippen LogP) is 2.10. The van der Waals surface area contributed by atoms with Crippen molar-refractivity contribution in [3.8, 4) is 11.5 Å². The second-order valence-corrected chi connectivity index (χ2v) is 3.64. The van der Waals surface area contributed by atoms with Crippen molar-refractivity contribution in [3.05, 3.63) is 22.7 Å². The van der Waals surface area contributed by atoms with Crippen molar-refractivity contribution in [2.45, 2.75) is 6.92 Å². The van der Waals surface area contributed by atoms with Crippen molar-refractivity contribution in [2.24, 2.45) is 0 Å². The van der Waals surface area contributed by atoms with Crippen LogP contribution in [-0.4, -0.2) is 32.6 Å². The molecule has 0 amide bonds. The van der Waals surface area contributed by atoms with Crippen LogP contribution in [-0.2, 0) is 9.53 Å². The molecule has 0 saturated carbocycles. The van der Waals surface area contributed by atoms with Crippen LogP contribution < -0.4 is 9.47 Å². The standard InChI is InChI=1S/C12H13ClO5/c1-4-18-12(15)11(14)7-5-9(16-2)10(17-3)6-8(7)13/h5-6H,4H2,1-3H3. The van der Waals surface area contributed by atoms with Crippen molar-refractivity contribution in [1.82, 2.24) is 0 Å². The molecule has 0 aliphatic carbocycles. The van der Waals surface area contributed by atoms with E-state index in [1.54, 1.807) is 6.92 Å². The highest BCUT2D eigenvalue weighted by Crippen LogP contribution is 2.33. The molecule has 18 heavy (non-hydrogen) atoms. The molecule has 0 atom stereocenters. The number of halogens is 1. The molecule has 98 valence electrons. The van der Waals surface area contributed by atoms with Gasteiger partial charge in [-0.05, 0) is 13.0 Å². The molecule has 0 aliphatic rings. The molecule has 0 aliphatic heterocycles. The maximum atomic E-state index is 11.8. The maximum Gasteiger partial charge on any atom is 0.379 e. The number of ketones is 1. The van der Waals surface area contributed by atoms with Gasteiger partial charge in [-0.15, -0.1) is 0 Å². The number of esters is 1. The molecule has 0 unspecified atom stereocenters. The Balaban J connectivity index is 3.17. The second kappa shape index (κ2) is 6.26. The highest BCUT2D eigenvalue weighted by Gasteiger charge is 2.22. The number of carbonyl (C=O) groups is 2. The summed E-state index contributed by atoms with van der Waals surface area (Å²) in [4.78, 5) is 23.1. The average molecular weight is 273 g/mol. The van der Waals surface area contributed by atoms with Crippen LogP contribution in [0.1, 0.15) is 17.3 Å². The van der Waals surface area contributed by atoms with Crippen LogP contribution in [0.25, 0.3) is 0 Å². The van der Waals surface area contributed by atoms with Crippen molar-refractivity contribution in [3.63, 3.8) is 0 Å². The van der Waals surface area contributed by atoms with Gasteiger partial charge in [0.2, 0.25) is 0 Å². The predicted molar refractivity (Wildman–Crippen MR) is 65.5 cm³/mol. The molecule has 0 heterocycles. The zero-order chi connectivity index (χ0) is 13.7. The van der Waals surface area contributed by atoms with Gasteiger partial charge in [0.1, 0.15) is 0 Å². The molecule has 0 N–H and O–H groups in total. The smallest absolute Gasteiger partial charge is 0.379 e. The van der Waals surface area contributed by atoms with Gasteiger partial charge < -0.3 is 14.2 Å². The highest BCUT2D eigenvalue weighted by atomic mass is 35.5. The first-order chi connectivity index (χ1) is 8.54. The van der Waals surface area contributed by atoms with E-state index in [1.807, 2.05) is 0 Å². The fraction of sp³-hybridized carbons (Fsp3) is 0.333. The van der Waals surface area contributed by atoms with Crippen LogP contribution >= 0.6 is 11.6 Å². The summed E-state index contributed by atoms with van der Waals surface area (Å²) in [6.45, 7) is 1.73. The third-order valence-corrected chi connectivity index (χ3v) is 2.49. The van der Waals surface area contributed by atoms with E-state index in [0.29, 0.717) is 11.5 Å². The van der Waals surface area contributed by atoms with Gasteiger partial charge >= 0.3 is 5.97 Å². The van der Waals surface area contributed by atoms with Gasteiger partial charge in [-0.25, -0.2) is 4.79 Å². The summed E-state index contributed by atoms with van der Waals surface area (Å²) in [6.07, 6.45) is 0. The van der Waals surface area contributed by atoms with Crippen LogP contribution in [0.15, 0.2) is 12.1 Å². The number of Topliss-reactive ketones (excluding diaryl/α,β-unsaturated/α-hetero) is 1. The third-order valence-electron chi connectivity index (χ3n) is 2.18. The van der Waals surface area contributed by atoms with Gasteiger partial charge in [-0.1, -0.05) is 11.6 Å². The third kappa shape index (κ3) is 2.92. The molecule has 1 rings (SSSR count). The summed E-state index contributed by atoms with van der Waals surface area (Å²) in [5.41, 5.74) is 0.0211. The van der Waals surface area contributed by atoms with E-state index in [0.717, 1.165) is 0 Å². The van der Waals surface area contributed by atoms with E-state index < -0.39 is 11.8 Å². The van der Waals surface area contributed by atoms with Crippen LogP contribution in [0.2, 0.25) is 5.02 Å². The van der Waals surface area contributed by atoms with Gasteiger partial charge in [0, 0.05) is 6.07 Å².